The molecule has 0 rings (SSSR count). The van der Waals surface area contributed by atoms with E-state index in [4.69, 9.17) is 9.26 Å². The zero-order valence-corrected chi connectivity index (χ0v) is 12.5. The Balaban J connectivity index is 3.37. The summed E-state index contributed by atoms with van der Waals surface area (Å²) in [7, 11) is -1.70. The molecular weight excluding hydrogens is 251 g/mol. The Morgan fingerprint density at radius 2 is 1.72 bits per heavy atom. The van der Waals surface area contributed by atoms with Crippen LogP contribution in [0.25, 0.3) is 0 Å². The summed E-state index contributed by atoms with van der Waals surface area (Å²) in [6.45, 7) is 5.17. The molecule has 18 heavy (non-hydrogen) atoms. The Morgan fingerprint density at radius 1 is 1.00 bits per heavy atom. The van der Waals surface area contributed by atoms with E-state index in [0.717, 1.165) is 25.7 Å². The normalized spacial score (nSPS) is 11.3. The molecule has 0 fully saturated rings. The summed E-state index contributed by atoms with van der Waals surface area (Å²) in [5, 5.41) is 0. The second-order valence-electron chi connectivity index (χ2n) is 4.27. The Morgan fingerprint density at radius 3 is 2.39 bits per heavy atom. The molecule has 0 heterocycles. The predicted molar refractivity (Wildman–Crippen MR) is 73.1 cm³/mol. The van der Waals surface area contributed by atoms with Crippen molar-refractivity contribution in [3.8, 4) is 0 Å². The van der Waals surface area contributed by atoms with Gasteiger partial charge in [0.15, 0.2) is 6.16 Å². The molecule has 0 N–H and O–H groups in total. The summed E-state index contributed by atoms with van der Waals surface area (Å²) in [5.41, 5.74) is 0. The smallest absolute Gasteiger partial charge is 0.466 e. The highest BCUT2D eigenvalue weighted by Gasteiger charge is 2.19. The molecule has 0 aromatic rings. The van der Waals surface area contributed by atoms with Gasteiger partial charge in [-0.05, 0) is 17.4 Å². The molecule has 0 aromatic carbocycles. The summed E-state index contributed by atoms with van der Waals surface area (Å²) >= 11 is 0. The van der Waals surface area contributed by atoms with Gasteiger partial charge in [-0.2, -0.15) is 0 Å². The number of esters is 1. The largest absolute Gasteiger partial charge is 0.508 e. The minimum atomic E-state index is -1.70. The van der Waals surface area contributed by atoms with Crippen LogP contribution in [0.3, 0.4) is 0 Å². The summed E-state index contributed by atoms with van der Waals surface area (Å²) in [6.07, 6.45) is 6.75. The molecule has 0 aliphatic rings. The van der Waals surface area contributed by atoms with Crippen LogP contribution < -0.4 is 0 Å². The Bertz CT molecular complexity index is 231. The van der Waals surface area contributed by atoms with E-state index in [0.29, 0.717) is 13.2 Å². The van der Waals surface area contributed by atoms with Crippen molar-refractivity contribution in [3.63, 3.8) is 0 Å². The third kappa shape index (κ3) is 12.0. The Hall–Kier alpha value is -0.470. The molecular formula is C13H26O4P+. The molecule has 0 bridgehead atoms. The van der Waals surface area contributed by atoms with Crippen LogP contribution in [-0.4, -0.2) is 25.3 Å². The fourth-order valence-electron chi connectivity index (χ4n) is 1.34. The number of hydrogen-bond donors (Lipinski definition) is 0. The average molecular weight is 277 g/mol. The zero-order valence-electron chi connectivity index (χ0n) is 11.7. The number of hydrogen-bond acceptors (Lipinski definition) is 4. The van der Waals surface area contributed by atoms with E-state index < -0.39 is 8.03 Å². The summed E-state index contributed by atoms with van der Waals surface area (Å²) in [4.78, 5) is 11.2. The van der Waals surface area contributed by atoms with Gasteiger partial charge in [0.05, 0.1) is 13.0 Å². The monoisotopic (exact) mass is 277 g/mol. The van der Waals surface area contributed by atoms with Crippen molar-refractivity contribution in [2.24, 2.45) is 0 Å². The molecule has 0 spiro atoms. The van der Waals surface area contributed by atoms with E-state index in [1.54, 1.807) is 0 Å². The minimum absolute atomic E-state index is 0.188. The third-order valence-corrected chi connectivity index (χ3v) is 3.55. The first-order chi connectivity index (χ1) is 8.70. The average Bonchev–Trinajstić information content (AvgIpc) is 2.36. The van der Waals surface area contributed by atoms with Crippen molar-refractivity contribution in [2.75, 3.05) is 19.4 Å². The SMILES string of the molecule is CCCCCCO[P+](=O)CCC(=O)OCCCC. The number of rotatable bonds is 12. The van der Waals surface area contributed by atoms with E-state index >= 15 is 0 Å². The first kappa shape index (κ1) is 17.5. The van der Waals surface area contributed by atoms with Crippen molar-refractivity contribution in [1.82, 2.24) is 0 Å². The summed E-state index contributed by atoms with van der Waals surface area (Å²) in [5.74, 6) is -0.276. The van der Waals surface area contributed by atoms with Gasteiger partial charge in [-0.1, -0.05) is 39.5 Å². The molecule has 0 aromatic heterocycles. The van der Waals surface area contributed by atoms with Crippen molar-refractivity contribution in [3.05, 3.63) is 0 Å². The van der Waals surface area contributed by atoms with E-state index in [-0.39, 0.29) is 18.6 Å². The first-order valence-corrected chi connectivity index (χ1v) is 8.30. The van der Waals surface area contributed by atoms with Gasteiger partial charge in [0.25, 0.3) is 0 Å². The highest BCUT2D eigenvalue weighted by molar-refractivity contribution is 7.39. The quantitative estimate of drug-likeness (QED) is 0.307. The molecule has 1 unspecified atom stereocenters. The molecule has 1 atom stereocenters. The summed E-state index contributed by atoms with van der Waals surface area (Å²) < 4.78 is 21.6. The van der Waals surface area contributed by atoms with Crippen LogP contribution in [0.4, 0.5) is 0 Å². The van der Waals surface area contributed by atoms with Crippen LogP contribution >= 0.6 is 8.03 Å². The van der Waals surface area contributed by atoms with E-state index in [2.05, 4.69) is 6.92 Å². The number of ether oxygens (including phenoxy) is 1. The zero-order chi connectivity index (χ0) is 13.6. The maximum atomic E-state index is 11.4. The van der Waals surface area contributed by atoms with Gasteiger partial charge in [-0.25, -0.2) is 0 Å². The molecule has 5 heteroatoms. The second kappa shape index (κ2) is 13.0. The molecule has 0 saturated heterocycles. The van der Waals surface area contributed by atoms with Gasteiger partial charge in [0.2, 0.25) is 0 Å². The van der Waals surface area contributed by atoms with Gasteiger partial charge in [-0.15, -0.1) is 4.52 Å². The molecule has 4 nitrogen and oxygen atoms in total. The van der Waals surface area contributed by atoms with Gasteiger partial charge >= 0.3 is 14.0 Å². The van der Waals surface area contributed by atoms with Crippen molar-refractivity contribution in [2.45, 2.75) is 58.8 Å². The van der Waals surface area contributed by atoms with Crippen LogP contribution in [0.1, 0.15) is 58.8 Å². The topological polar surface area (TPSA) is 52.6 Å². The van der Waals surface area contributed by atoms with E-state index in [9.17, 15) is 9.36 Å². The van der Waals surface area contributed by atoms with Crippen molar-refractivity contribution >= 4 is 14.0 Å². The lowest BCUT2D eigenvalue weighted by Gasteiger charge is -2.00. The predicted octanol–water partition coefficient (Wildman–Crippen LogP) is 4.06. The highest BCUT2D eigenvalue weighted by Crippen LogP contribution is 2.23. The van der Waals surface area contributed by atoms with Crippen molar-refractivity contribution < 1.29 is 18.6 Å². The number of carbonyl (C=O) groups is 1. The number of unbranched alkanes of at least 4 members (excludes halogenated alkanes) is 4. The standard InChI is InChI=1S/C13H26O4P/c1-3-5-7-8-11-17-18(15)12-9-13(14)16-10-6-4-2/h3-12H2,1-2H3/q+1. The lowest BCUT2D eigenvalue weighted by Crippen LogP contribution is -2.06. The van der Waals surface area contributed by atoms with E-state index in [1.165, 1.54) is 12.8 Å². The van der Waals surface area contributed by atoms with Crippen molar-refractivity contribution in [1.29, 1.82) is 0 Å². The Labute approximate surface area is 111 Å². The first-order valence-electron chi connectivity index (χ1n) is 6.93. The number of carbonyl (C=O) groups excluding carboxylic acids is 1. The molecule has 0 amide bonds. The minimum Gasteiger partial charge on any atom is -0.466 e. The van der Waals surface area contributed by atoms with Crippen LogP contribution in [0.2, 0.25) is 0 Å². The second-order valence-corrected chi connectivity index (χ2v) is 5.65. The lowest BCUT2D eigenvalue weighted by atomic mass is 10.2. The third-order valence-electron chi connectivity index (χ3n) is 2.49. The maximum Gasteiger partial charge on any atom is 0.508 e. The van der Waals surface area contributed by atoms with Crippen LogP contribution in [0.15, 0.2) is 0 Å². The Kier molecular flexibility index (Phi) is 12.6. The fourth-order valence-corrected chi connectivity index (χ4v) is 2.17. The van der Waals surface area contributed by atoms with Crippen LogP contribution in [0, 0.1) is 0 Å². The van der Waals surface area contributed by atoms with Gasteiger partial charge in [0, 0.05) is 0 Å². The molecule has 0 radical (unpaired) electrons. The molecule has 106 valence electrons. The molecule has 0 aliphatic carbocycles. The van der Waals surface area contributed by atoms with Crippen LogP contribution in [-0.2, 0) is 18.6 Å². The lowest BCUT2D eigenvalue weighted by molar-refractivity contribution is -0.143. The van der Waals surface area contributed by atoms with Crippen LogP contribution in [0.5, 0.6) is 0 Å². The molecule has 0 saturated carbocycles. The highest BCUT2D eigenvalue weighted by atomic mass is 31.1. The van der Waals surface area contributed by atoms with Gasteiger partial charge in [-0.3, -0.25) is 4.79 Å². The fraction of sp³-hybridized carbons (Fsp3) is 0.923. The maximum absolute atomic E-state index is 11.4. The van der Waals surface area contributed by atoms with E-state index in [1.807, 2.05) is 6.92 Å². The van der Waals surface area contributed by atoms with Gasteiger partial charge in [0.1, 0.15) is 6.61 Å². The summed E-state index contributed by atoms with van der Waals surface area (Å²) in [6, 6.07) is 0. The van der Waals surface area contributed by atoms with Gasteiger partial charge < -0.3 is 4.74 Å². The molecule has 0 aliphatic heterocycles.